The minimum Gasteiger partial charge on any atom is -0.302 e. The Morgan fingerprint density at radius 1 is 1.36 bits per heavy atom. The lowest BCUT2D eigenvalue weighted by molar-refractivity contribution is 0.0816. The van der Waals surface area contributed by atoms with Crippen molar-refractivity contribution in [1.29, 1.82) is 0 Å². The third-order valence-electron chi connectivity index (χ3n) is 1.97. The lowest BCUT2D eigenvalue weighted by atomic mass is 10.2. The van der Waals surface area contributed by atoms with Crippen LogP contribution in [-0.2, 0) is 0 Å². The van der Waals surface area contributed by atoms with Crippen LogP contribution in [0.5, 0.6) is 0 Å². The van der Waals surface area contributed by atoms with Crippen molar-refractivity contribution < 1.29 is 4.79 Å². The number of hydrogen-bond acceptors (Lipinski definition) is 3. The van der Waals surface area contributed by atoms with Crippen LogP contribution in [0.1, 0.15) is 10.4 Å². The summed E-state index contributed by atoms with van der Waals surface area (Å²) in [5.41, 5.74) is 6.10. The van der Waals surface area contributed by atoms with Gasteiger partial charge < -0.3 is 5.73 Å². The molecule has 0 spiro atoms. The van der Waals surface area contributed by atoms with Gasteiger partial charge in [-0.25, -0.2) is 0 Å². The number of carbonyl (C=O) groups is 1. The van der Waals surface area contributed by atoms with E-state index in [0.717, 1.165) is 0 Å². The normalized spacial score (nSPS) is 20.1. The fourth-order valence-electron chi connectivity index (χ4n) is 1.24. The Hall–Kier alpha value is -1.26. The van der Waals surface area contributed by atoms with Gasteiger partial charge in [0, 0.05) is 11.8 Å². The molecule has 1 aromatic rings. The molecular weight excluding hydrogens is 196 g/mol. The van der Waals surface area contributed by atoms with E-state index >= 15 is 0 Å². The van der Waals surface area contributed by atoms with Crippen LogP contribution in [0, 0.1) is 0 Å². The molecule has 0 radical (unpaired) electrons. The third-order valence-corrected chi connectivity index (χ3v) is 2.75. The Balaban J connectivity index is 2.20. The molecule has 4 heteroatoms. The second-order valence-electron chi connectivity index (χ2n) is 2.89. The Labute approximate surface area is 86.6 Å². The molecule has 1 amide bonds. The molecule has 1 aliphatic rings. The Morgan fingerprint density at radius 2 is 2.07 bits per heavy atom. The van der Waals surface area contributed by atoms with Gasteiger partial charge in [0.05, 0.1) is 0 Å². The zero-order chi connectivity index (χ0) is 9.97. The third kappa shape index (κ3) is 1.66. The van der Waals surface area contributed by atoms with E-state index in [-0.39, 0.29) is 11.4 Å². The summed E-state index contributed by atoms with van der Waals surface area (Å²) in [6.45, 7) is 0. The standard InChI is InChI=1S/C10H10N2OS/c11-10-12(6-7-14-10)9(13)8-4-2-1-3-5-8/h1-7,10H,11H2. The molecule has 1 aromatic carbocycles. The maximum absolute atomic E-state index is 11.8. The SMILES string of the molecule is NC1SC=CN1C(=O)c1ccccc1. The van der Waals surface area contributed by atoms with E-state index in [1.54, 1.807) is 18.3 Å². The summed E-state index contributed by atoms with van der Waals surface area (Å²) in [6.07, 6.45) is 1.71. The summed E-state index contributed by atoms with van der Waals surface area (Å²) >= 11 is 1.43. The smallest absolute Gasteiger partial charge is 0.259 e. The number of rotatable bonds is 1. The number of nitrogens with zero attached hydrogens (tertiary/aromatic N) is 1. The lowest BCUT2D eigenvalue weighted by Crippen LogP contribution is -2.37. The van der Waals surface area contributed by atoms with Crippen molar-refractivity contribution >= 4 is 17.7 Å². The average Bonchev–Trinajstić information content (AvgIpc) is 2.65. The summed E-state index contributed by atoms with van der Waals surface area (Å²) in [5, 5.41) is 1.82. The number of hydrogen-bond donors (Lipinski definition) is 1. The predicted molar refractivity (Wildman–Crippen MR) is 57.3 cm³/mol. The molecule has 0 bridgehead atoms. The van der Waals surface area contributed by atoms with Crippen LogP contribution < -0.4 is 5.73 Å². The number of benzene rings is 1. The molecule has 1 aliphatic heterocycles. The van der Waals surface area contributed by atoms with Gasteiger partial charge in [0.15, 0.2) is 0 Å². The summed E-state index contributed by atoms with van der Waals surface area (Å²) in [4.78, 5) is 13.4. The number of carbonyl (C=O) groups excluding carboxylic acids is 1. The second-order valence-corrected chi connectivity index (χ2v) is 3.92. The molecule has 1 atom stereocenters. The molecule has 2 N–H and O–H groups in total. The van der Waals surface area contributed by atoms with E-state index in [2.05, 4.69) is 0 Å². The summed E-state index contributed by atoms with van der Waals surface area (Å²) in [5.74, 6) is -0.0562. The molecule has 72 valence electrons. The van der Waals surface area contributed by atoms with Gasteiger partial charge in [-0.15, -0.1) is 0 Å². The van der Waals surface area contributed by atoms with Crippen LogP contribution in [-0.4, -0.2) is 16.3 Å². The van der Waals surface area contributed by atoms with Crippen molar-refractivity contribution in [3.8, 4) is 0 Å². The average molecular weight is 206 g/mol. The maximum Gasteiger partial charge on any atom is 0.259 e. The monoisotopic (exact) mass is 206 g/mol. The van der Waals surface area contributed by atoms with Crippen LogP contribution >= 0.6 is 11.8 Å². The fraction of sp³-hybridized carbons (Fsp3) is 0.100. The van der Waals surface area contributed by atoms with Gasteiger partial charge in [0.2, 0.25) is 0 Å². The highest BCUT2D eigenvalue weighted by molar-refractivity contribution is 8.02. The largest absolute Gasteiger partial charge is 0.302 e. The highest BCUT2D eigenvalue weighted by atomic mass is 32.2. The zero-order valence-electron chi connectivity index (χ0n) is 7.46. The van der Waals surface area contributed by atoms with Gasteiger partial charge in [0.1, 0.15) is 5.50 Å². The quantitative estimate of drug-likeness (QED) is 0.759. The highest BCUT2D eigenvalue weighted by Crippen LogP contribution is 2.22. The molecule has 0 saturated carbocycles. The molecule has 14 heavy (non-hydrogen) atoms. The Kier molecular flexibility index (Phi) is 2.56. The first-order chi connectivity index (χ1) is 6.79. The Bertz CT molecular complexity index is 364. The fourth-order valence-corrected chi connectivity index (χ4v) is 1.90. The Morgan fingerprint density at radius 3 is 2.64 bits per heavy atom. The van der Waals surface area contributed by atoms with Crippen LogP contribution in [0.15, 0.2) is 41.9 Å². The van der Waals surface area contributed by atoms with Gasteiger partial charge in [-0.3, -0.25) is 9.69 Å². The molecule has 2 rings (SSSR count). The van der Waals surface area contributed by atoms with Gasteiger partial charge >= 0.3 is 0 Å². The predicted octanol–water partition coefficient (Wildman–Crippen LogP) is 1.59. The van der Waals surface area contributed by atoms with Crippen molar-refractivity contribution in [2.75, 3.05) is 0 Å². The van der Waals surface area contributed by atoms with E-state index < -0.39 is 0 Å². The topological polar surface area (TPSA) is 46.3 Å². The van der Waals surface area contributed by atoms with Crippen molar-refractivity contribution in [2.24, 2.45) is 5.73 Å². The zero-order valence-corrected chi connectivity index (χ0v) is 8.28. The molecule has 0 aromatic heterocycles. The number of amides is 1. The molecule has 0 aliphatic carbocycles. The van der Waals surface area contributed by atoms with Gasteiger partial charge in [0.25, 0.3) is 5.91 Å². The van der Waals surface area contributed by atoms with Crippen LogP contribution in [0.25, 0.3) is 0 Å². The van der Waals surface area contributed by atoms with E-state index in [1.165, 1.54) is 16.7 Å². The van der Waals surface area contributed by atoms with E-state index in [9.17, 15) is 4.79 Å². The van der Waals surface area contributed by atoms with Crippen LogP contribution in [0.4, 0.5) is 0 Å². The van der Waals surface area contributed by atoms with Crippen molar-refractivity contribution in [1.82, 2.24) is 4.90 Å². The van der Waals surface area contributed by atoms with E-state index in [4.69, 9.17) is 5.73 Å². The second kappa shape index (κ2) is 3.86. The molecular formula is C10H10N2OS. The summed E-state index contributed by atoms with van der Waals surface area (Å²) < 4.78 is 0. The first kappa shape index (κ1) is 9.30. The van der Waals surface area contributed by atoms with Crippen LogP contribution in [0.2, 0.25) is 0 Å². The molecule has 3 nitrogen and oxygen atoms in total. The maximum atomic E-state index is 11.8. The van der Waals surface area contributed by atoms with Crippen molar-refractivity contribution in [3.05, 3.63) is 47.5 Å². The minimum absolute atomic E-state index is 0.0562. The van der Waals surface area contributed by atoms with Crippen molar-refractivity contribution in [3.63, 3.8) is 0 Å². The number of thioether (sulfide) groups is 1. The van der Waals surface area contributed by atoms with Crippen molar-refractivity contribution in [2.45, 2.75) is 5.50 Å². The molecule has 1 unspecified atom stereocenters. The first-order valence-electron chi connectivity index (χ1n) is 4.24. The first-order valence-corrected chi connectivity index (χ1v) is 5.19. The van der Waals surface area contributed by atoms with Gasteiger partial charge in [-0.05, 0) is 17.5 Å². The lowest BCUT2D eigenvalue weighted by Gasteiger charge is -2.18. The van der Waals surface area contributed by atoms with E-state index in [1.807, 2.05) is 23.6 Å². The van der Waals surface area contributed by atoms with Crippen LogP contribution in [0.3, 0.4) is 0 Å². The van der Waals surface area contributed by atoms with Gasteiger partial charge in [-0.2, -0.15) is 0 Å². The molecule has 0 fully saturated rings. The summed E-state index contributed by atoms with van der Waals surface area (Å²) in [7, 11) is 0. The molecule has 0 saturated heterocycles. The number of nitrogens with two attached hydrogens (primary N) is 1. The van der Waals surface area contributed by atoms with E-state index in [0.29, 0.717) is 5.56 Å². The highest BCUT2D eigenvalue weighted by Gasteiger charge is 2.22. The minimum atomic E-state index is -0.289. The van der Waals surface area contributed by atoms with Gasteiger partial charge in [-0.1, -0.05) is 30.0 Å². The summed E-state index contributed by atoms with van der Waals surface area (Å²) in [6, 6.07) is 9.13. The molecule has 1 heterocycles.